The van der Waals surface area contributed by atoms with Crippen molar-refractivity contribution < 1.29 is 9.90 Å². The largest absolute Gasteiger partial charge is 0.383 e. The van der Waals surface area contributed by atoms with Crippen molar-refractivity contribution in [3.63, 3.8) is 0 Å². The zero-order valence-corrected chi connectivity index (χ0v) is 19.8. The maximum atomic E-state index is 10.6. The molecule has 0 aliphatic carbocycles. The Labute approximate surface area is 196 Å². The third kappa shape index (κ3) is 6.99. The number of anilines is 1. The quantitative estimate of drug-likeness (QED) is 0.339. The number of rotatable bonds is 8. The van der Waals surface area contributed by atoms with Crippen molar-refractivity contribution >= 4 is 35.1 Å². The van der Waals surface area contributed by atoms with E-state index in [0.717, 1.165) is 41.5 Å². The van der Waals surface area contributed by atoms with Crippen molar-refractivity contribution in [2.75, 3.05) is 38.3 Å². The second kappa shape index (κ2) is 12.5. The Balaban J connectivity index is 0.000000305. The Bertz CT molecular complexity index is 973. The lowest BCUT2D eigenvalue weighted by Gasteiger charge is -2.05. The molecule has 1 aliphatic rings. The molecule has 0 saturated carbocycles. The highest BCUT2D eigenvalue weighted by Gasteiger charge is 2.25. The Kier molecular flexibility index (Phi) is 9.42. The Morgan fingerprint density at radius 2 is 2.00 bits per heavy atom. The molecule has 1 aliphatic heterocycles. The zero-order valence-electron chi connectivity index (χ0n) is 18.2. The average molecular weight is 473 g/mol. The van der Waals surface area contributed by atoms with Crippen LogP contribution in [-0.4, -0.2) is 69.9 Å². The van der Waals surface area contributed by atoms with Gasteiger partial charge in [-0.1, -0.05) is 42.3 Å². The maximum absolute atomic E-state index is 10.6. The minimum absolute atomic E-state index is 0.148. The third-order valence-corrected chi connectivity index (χ3v) is 6.11. The molecule has 0 bridgehead atoms. The summed E-state index contributed by atoms with van der Waals surface area (Å²) in [6, 6.07) is 12.1. The summed E-state index contributed by atoms with van der Waals surface area (Å²) in [6.07, 6.45) is 4.68. The van der Waals surface area contributed by atoms with Crippen LogP contribution in [0.3, 0.4) is 0 Å². The molecule has 3 aromatic rings. The molecule has 8 nitrogen and oxygen atoms in total. The molecule has 1 unspecified atom stereocenters. The van der Waals surface area contributed by atoms with Gasteiger partial charge in [0.25, 0.3) is 5.91 Å². The summed E-state index contributed by atoms with van der Waals surface area (Å²) in [7, 11) is 1.69. The first-order chi connectivity index (χ1) is 15.6. The minimum Gasteiger partial charge on any atom is -0.383 e. The molecule has 170 valence electrons. The van der Waals surface area contributed by atoms with E-state index in [1.165, 1.54) is 4.90 Å². The lowest BCUT2D eigenvalue weighted by molar-refractivity contribution is -0.133. The molecule has 1 atom stereocenters. The highest BCUT2D eigenvalue weighted by molar-refractivity contribution is 7.96. The van der Waals surface area contributed by atoms with Gasteiger partial charge in [-0.25, -0.2) is 15.0 Å². The Hall–Kier alpha value is -2.53. The first-order valence-corrected chi connectivity index (χ1v) is 12.5. The van der Waals surface area contributed by atoms with Gasteiger partial charge in [0.2, 0.25) is 5.95 Å². The van der Waals surface area contributed by atoms with Crippen molar-refractivity contribution in [2.24, 2.45) is 0 Å². The number of carbonyl (C=O) groups excluding carboxylic acids is 1. The highest BCUT2D eigenvalue weighted by Crippen LogP contribution is 2.27. The fourth-order valence-electron chi connectivity index (χ4n) is 2.96. The molecule has 0 spiro atoms. The van der Waals surface area contributed by atoms with Gasteiger partial charge in [-0.3, -0.25) is 9.52 Å². The number of amides is 1. The third-order valence-electron chi connectivity index (χ3n) is 4.73. The van der Waals surface area contributed by atoms with Gasteiger partial charge in [0.05, 0.1) is 5.69 Å². The van der Waals surface area contributed by atoms with Crippen molar-refractivity contribution in [1.29, 1.82) is 0 Å². The van der Waals surface area contributed by atoms with Gasteiger partial charge in [-0.15, -0.1) is 11.3 Å². The molecule has 1 fully saturated rings. The average Bonchev–Trinajstić information content (AvgIpc) is 3.43. The second-order valence-corrected chi connectivity index (χ2v) is 8.67. The molecular formula is C22H28N6O2S2. The van der Waals surface area contributed by atoms with Gasteiger partial charge in [-0.2, -0.15) is 0 Å². The van der Waals surface area contributed by atoms with Crippen LogP contribution in [0, 0.1) is 0 Å². The molecule has 10 heteroatoms. The maximum Gasteiger partial charge on any atom is 0.251 e. The standard InChI is InChI=1S/C17H19N5S2.C5H9NO2/c1-23-20-10-5-9-18-17-19-11-8-14(22-17)15-12-24-16(21-15)13-6-3-2-4-7-13;1-6-3-2-4(7)5(6)8/h2-4,6-8,11-12,20H,5,9-10H2,1H3,(H,18,19,22);4,7H,2-3H2,1H3. The van der Waals surface area contributed by atoms with Gasteiger partial charge >= 0.3 is 0 Å². The van der Waals surface area contributed by atoms with E-state index in [0.29, 0.717) is 18.9 Å². The molecule has 32 heavy (non-hydrogen) atoms. The van der Waals surface area contributed by atoms with Crippen molar-refractivity contribution in [1.82, 2.24) is 24.6 Å². The number of hydrogen-bond donors (Lipinski definition) is 3. The van der Waals surface area contributed by atoms with E-state index in [9.17, 15) is 4.79 Å². The number of aromatic nitrogens is 3. The summed E-state index contributed by atoms with van der Waals surface area (Å²) in [6.45, 7) is 2.49. The molecule has 1 amide bonds. The molecule has 1 saturated heterocycles. The van der Waals surface area contributed by atoms with Crippen LogP contribution in [-0.2, 0) is 4.79 Å². The number of likely N-dealkylation sites (N-methyl/N-ethyl adjacent to an activating group) is 1. The number of benzene rings is 1. The fourth-order valence-corrected chi connectivity index (χ4v) is 4.13. The van der Waals surface area contributed by atoms with Crippen LogP contribution in [0.1, 0.15) is 12.8 Å². The Morgan fingerprint density at radius 3 is 2.66 bits per heavy atom. The van der Waals surface area contributed by atoms with Crippen LogP contribution in [0.4, 0.5) is 5.95 Å². The number of likely N-dealkylation sites (tertiary alicyclic amines) is 1. The smallest absolute Gasteiger partial charge is 0.251 e. The SMILES string of the molecule is CN1CCC(O)C1=O.CSNCCCNc1nccc(-c2csc(-c3ccccc3)n2)n1. The van der Waals surface area contributed by atoms with Crippen LogP contribution in [0.2, 0.25) is 0 Å². The highest BCUT2D eigenvalue weighted by atomic mass is 32.2. The van der Waals surface area contributed by atoms with E-state index in [1.807, 2.05) is 35.9 Å². The van der Waals surface area contributed by atoms with Crippen LogP contribution in [0.25, 0.3) is 22.0 Å². The molecule has 1 aromatic carbocycles. The topological polar surface area (TPSA) is 103 Å². The number of aliphatic hydroxyl groups excluding tert-OH is 1. The molecule has 0 radical (unpaired) electrons. The van der Waals surface area contributed by atoms with Gasteiger partial charge in [-0.05, 0) is 25.2 Å². The second-order valence-electron chi connectivity index (χ2n) is 7.11. The number of aliphatic hydroxyl groups is 1. The van der Waals surface area contributed by atoms with E-state index < -0.39 is 6.10 Å². The van der Waals surface area contributed by atoms with Gasteiger partial charge in [0.15, 0.2) is 0 Å². The monoisotopic (exact) mass is 472 g/mol. The molecule has 3 N–H and O–H groups in total. The van der Waals surface area contributed by atoms with E-state index in [4.69, 9.17) is 10.1 Å². The van der Waals surface area contributed by atoms with E-state index in [1.54, 1.807) is 36.5 Å². The minimum atomic E-state index is -0.722. The van der Waals surface area contributed by atoms with Crippen LogP contribution >= 0.6 is 23.3 Å². The van der Waals surface area contributed by atoms with Crippen molar-refractivity contribution in [2.45, 2.75) is 18.9 Å². The summed E-state index contributed by atoms with van der Waals surface area (Å²) >= 11 is 3.26. The first kappa shape index (κ1) is 24.1. The van der Waals surface area contributed by atoms with Crippen molar-refractivity contribution in [3.8, 4) is 22.0 Å². The molecule has 4 rings (SSSR count). The van der Waals surface area contributed by atoms with E-state index in [-0.39, 0.29) is 5.91 Å². The Morgan fingerprint density at radius 1 is 1.19 bits per heavy atom. The van der Waals surface area contributed by atoms with E-state index >= 15 is 0 Å². The number of nitrogens with one attached hydrogen (secondary N) is 2. The summed E-state index contributed by atoms with van der Waals surface area (Å²) in [5.74, 6) is 0.496. The normalized spacial score (nSPS) is 15.4. The molecule has 3 heterocycles. The molecular weight excluding hydrogens is 444 g/mol. The predicted octanol–water partition coefficient (Wildman–Crippen LogP) is 3.15. The lowest BCUT2D eigenvalue weighted by atomic mass is 10.2. The summed E-state index contributed by atoms with van der Waals surface area (Å²) in [5, 5.41) is 15.1. The number of carbonyl (C=O) groups is 1. The first-order valence-electron chi connectivity index (χ1n) is 10.4. The molecule has 2 aromatic heterocycles. The van der Waals surface area contributed by atoms with Crippen molar-refractivity contribution in [3.05, 3.63) is 48.0 Å². The summed E-state index contributed by atoms with van der Waals surface area (Å²) < 4.78 is 3.22. The number of thiazole rings is 1. The summed E-state index contributed by atoms with van der Waals surface area (Å²) in [5.41, 5.74) is 2.85. The van der Waals surface area contributed by atoms with Gasteiger partial charge < -0.3 is 15.3 Å². The van der Waals surface area contributed by atoms with Crippen LogP contribution in [0.15, 0.2) is 48.0 Å². The van der Waals surface area contributed by atoms with Crippen LogP contribution < -0.4 is 10.0 Å². The summed E-state index contributed by atoms with van der Waals surface area (Å²) in [4.78, 5) is 25.7. The van der Waals surface area contributed by atoms with Gasteiger partial charge in [0, 0.05) is 43.8 Å². The lowest BCUT2D eigenvalue weighted by Crippen LogP contribution is -2.24. The zero-order chi connectivity index (χ0) is 22.8. The van der Waals surface area contributed by atoms with E-state index in [2.05, 4.69) is 32.1 Å². The fraction of sp³-hybridized carbons (Fsp3) is 0.364. The van der Waals surface area contributed by atoms with Gasteiger partial charge in [0.1, 0.15) is 16.8 Å². The predicted molar refractivity (Wildman–Crippen MR) is 131 cm³/mol. The number of hydrogen-bond acceptors (Lipinski definition) is 9. The van der Waals surface area contributed by atoms with Crippen LogP contribution in [0.5, 0.6) is 0 Å². The number of nitrogens with zero attached hydrogens (tertiary/aromatic N) is 4.